The maximum absolute atomic E-state index is 5.31. The van der Waals surface area contributed by atoms with E-state index >= 15 is 0 Å². The minimum atomic E-state index is -0.0732. The molecule has 3 heteroatoms. The molecule has 0 saturated heterocycles. The highest BCUT2D eigenvalue weighted by Gasteiger charge is 2.35. The van der Waals surface area contributed by atoms with Crippen molar-refractivity contribution in [3.05, 3.63) is 236 Å². The van der Waals surface area contributed by atoms with Gasteiger partial charge in [-0.3, -0.25) is 0 Å². The fourth-order valence-corrected chi connectivity index (χ4v) is 10.0. The summed E-state index contributed by atoms with van der Waals surface area (Å²) in [7, 11) is 0. The number of benzene rings is 9. The highest BCUT2D eigenvalue weighted by atomic mass is 15.0. The second kappa shape index (κ2) is 15.0. The Hall–Kier alpha value is -8.14. The summed E-state index contributed by atoms with van der Waals surface area (Å²) >= 11 is 0. The van der Waals surface area contributed by atoms with Gasteiger partial charge in [-0.1, -0.05) is 196 Å². The zero-order valence-corrected chi connectivity index (χ0v) is 35.7. The van der Waals surface area contributed by atoms with Gasteiger partial charge in [-0.05, 0) is 92.5 Å². The molecule has 0 fully saturated rings. The molecule has 0 saturated carbocycles. The first-order valence-electron chi connectivity index (χ1n) is 22.1. The molecule has 0 amide bonds. The van der Waals surface area contributed by atoms with Gasteiger partial charge in [0.25, 0.3) is 0 Å². The maximum Gasteiger partial charge on any atom is 0.160 e. The van der Waals surface area contributed by atoms with Crippen LogP contribution in [0.1, 0.15) is 25.0 Å². The Labute approximate surface area is 373 Å². The van der Waals surface area contributed by atoms with Crippen LogP contribution < -0.4 is 0 Å². The lowest BCUT2D eigenvalue weighted by molar-refractivity contribution is 0.660. The molecule has 1 aliphatic rings. The monoisotopic (exact) mass is 817 g/mol. The van der Waals surface area contributed by atoms with E-state index in [-0.39, 0.29) is 5.41 Å². The van der Waals surface area contributed by atoms with E-state index < -0.39 is 0 Å². The highest BCUT2D eigenvalue weighted by molar-refractivity contribution is 6.14. The quantitative estimate of drug-likeness (QED) is 0.160. The minimum absolute atomic E-state index is 0.0732. The third-order valence-corrected chi connectivity index (χ3v) is 13.2. The van der Waals surface area contributed by atoms with E-state index in [9.17, 15) is 0 Å². The molecule has 9 aromatic carbocycles. The Morgan fingerprint density at radius 2 is 0.875 bits per heavy atom. The van der Waals surface area contributed by atoms with E-state index in [1.165, 1.54) is 55.3 Å². The SMILES string of the molecule is CC1(C)c2ccccc2-c2ccc(-c3cccc(-c4cccc5c6ccccc6n(-c6cc(-c7ccccc7)cc(-c7nc(-c8ccccc8)cc(-c8ccccc8)n7)c6)c45)c3)cc21. The van der Waals surface area contributed by atoms with Gasteiger partial charge < -0.3 is 4.57 Å². The normalized spacial score (nSPS) is 12.7. The van der Waals surface area contributed by atoms with E-state index in [4.69, 9.17) is 9.97 Å². The van der Waals surface area contributed by atoms with Gasteiger partial charge in [-0.25, -0.2) is 9.97 Å². The lowest BCUT2D eigenvalue weighted by atomic mass is 9.81. The number of hydrogen-bond donors (Lipinski definition) is 0. The molecule has 0 spiro atoms. The molecular formula is C61H43N3. The second-order valence-electron chi connectivity index (χ2n) is 17.4. The van der Waals surface area contributed by atoms with Crippen LogP contribution in [0, 0.1) is 0 Å². The van der Waals surface area contributed by atoms with Crippen LogP contribution in [-0.2, 0) is 5.41 Å². The largest absolute Gasteiger partial charge is 0.309 e. The summed E-state index contributed by atoms with van der Waals surface area (Å²) in [5.74, 6) is 0.675. The molecule has 0 N–H and O–H groups in total. The van der Waals surface area contributed by atoms with E-state index in [0.29, 0.717) is 5.82 Å². The lowest BCUT2D eigenvalue weighted by Crippen LogP contribution is -2.14. The molecular weight excluding hydrogens is 775 g/mol. The summed E-state index contributed by atoms with van der Waals surface area (Å²) in [6, 6.07) is 80.9. The lowest BCUT2D eigenvalue weighted by Gasteiger charge is -2.22. The zero-order chi connectivity index (χ0) is 42.8. The molecule has 0 atom stereocenters. The molecule has 302 valence electrons. The van der Waals surface area contributed by atoms with Gasteiger partial charge in [0.15, 0.2) is 5.82 Å². The van der Waals surface area contributed by atoms with Gasteiger partial charge in [0.2, 0.25) is 0 Å². The van der Waals surface area contributed by atoms with E-state index in [1.807, 2.05) is 12.1 Å². The van der Waals surface area contributed by atoms with Crippen LogP contribution in [0.25, 0.3) is 106 Å². The van der Waals surface area contributed by atoms with Crippen molar-refractivity contribution in [2.24, 2.45) is 0 Å². The van der Waals surface area contributed by atoms with Crippen molar-refractivity contribution in [3.63, 3.8) is 0 Å². The van der Waals surface area contributed by atoms with E-state index in [0.717, 1.165) is 55.9 Å². The van der Waals surface area contributed by atoms with Crippen molar-refractivity contribution >= 4 is 21.8 Å². The first-order chi connectivity index (χ1) is 31.5. The number of aromatic nitrogens is 3. The summed E-state index contributed by atoms with van der Waals surface area (Å²) in [5, 5.41) is 2.41. The van der Waals surface area contributed by atoms with Crippen molar-refractivity contribution in [1.29, 1.82) is 0 Å². The molecule has 0 aliphatic heterocycles. The van der Waals surface area contributed by atoms with Crippen molar-refractivity contribution in [2.75, 3.05) is 0 Å². The van der Waals surface area contributed by atoms with Crippen LogP contribution >= 0.6 is 0 Å². The molecule has 1 aliphatic carbocycles. The number of hydrogen-bond acceptors (Lipinski definition) is 2. The minimum Gasteiger partial charge on any atom is -0.309 e. The molecule has 3 nitrogen and oxygen atoms in total. The molecule has 0 unspecified atom stereocenters. The third-order valence-electron chi connectivity index (χ3n) is 13.2. The Kier molecular flexibility index (Phi) is 8.84. The number of nitrogens with zero attached hydrogens (tertiary/aromatic N) is 3. The van der Waals surface area contributed by atoms with Crippen molar-refractivity contribution in [3.8, 4) is 84.1 Å². The molecule has 0 radical (unpaired) electrons. The highest BCUT2D eigenvalue weighted by Crippen LogP contribution is 2.50. The molecule has 2 aromatic heterocycles. The fourth-order valence-electron chi connectivity index (χ4n) is 10.0. The van der Waals surface area contributed by atoms with Gasteiger partial charge in [0.1, 0.15) is 0 Å². The van der Waals surface area contributed by atoms with Gasteiger partial charge in [-0.2, -0.15) is 0 Å². The Balaban J connectivity index is 1.07. The maximum atomic E-state index is 5.31. The summed E-state index contributed by atoms with van der Waals surface area (Å²) in [4.78, 5) is 10.6. The fraction of sp³-hybridized carbons (Fsp3) is 0.0492. The molecule has 11 aromatic rings. The van der Waals surface area contributed by atoms with Crippen LogP contribution in [0.5, 0.6) is 0 Å². The topological polar surface area (TPSA) is 30.7 Å². The van der Waals surface area contributed by atoms with Crippen molar-refractivity contribution in [1.82, 2.24) is 14.5 Å². The van der Waals surface area contributed by atoms with Gasteiger partial charge in [0.05, 0.1) is 22.4 Å². The first kappa shape index (κ1) is 37.6. The van der Waals surface area contributed by atoms with Crippen LogP contribution in [0.3, 0.4) is 0 Å². The van der Waals surface area contributed by atoms with Crippen LogP contribution in [0.2, 0.25) is 0 Å². The molecule has 2 heterocycles. The summed E-state index contributed by atoms with van der Waals surface area (Å²) < 4.78 is 2.46. The third kappa shape index (κ3) is 6.28. The number of fused-ring (bicyclic) bond motifs is 6. The Morgan fingerprint density at radius 1 is 0.344 bits per heavy atom. The van der Waals surface area contributed by atoms with Gasteiger partial charge >= 0.3 is 0 Å². The number of rotatable bonds is 7. The first-order valence-corrected chi connectivity index (χ1v) is 22.1. The van der Waals surface area contributed by atoms with Crippen LogP contribution in [-0.4, -0.2) is 14.5 Å². The van der Waals surface area contributed by atoms with Crippen molar-refractivity contribution < 1.29 is 0 Å². The standard InChI is InChI=1S/C61H43N3/c1-61(2)54-30-14-12-26-50(54)51-33-32-44(38-55(51)61)43-24-16-25-45(34-43)49-28-17-29-53-52-27-13-15-31-58(52)64(59(49)53)48-36-46(40-18-6-3-7-19-40)35-47(37-48)60-62-56(41-20-8-4-9-21-41)39-57(63-60)42-22-10-5-11-23-42/h3-39H,1-2H3. The predicted octanol–water partition coefficient (Wildman–Crippen LogP) is 15.9. The predicted molar refractivity (Wildman–Crippen MR) is 267 cm³/mol. The second-order valence-corrected chi connectivity index (χ2v) is 17.4. The summed E-state index contributed by atoms with van der Waals surface area (Å²) in [5.41, 5.74) is 20.5. The smallest absolute Gasteiger partial charge is 0.160 e. The Morgan fingerprint density at radius 3 is 1.62 bits per heavy atom. The average Bonchev–Trinajstić information content (AvgIpc) is 3.82. The molecule has 64 heavy (non-hydrogen) atoms. The van der Waals surface area contributed by atoms with Crippen LogP contribution in [0.15, 0.2) is 224 Å². The molecule has 12 rings (SSSR count). The Bertz CT molecular complexity index is 3510. The average molecular weight is 818 g/mol. The summed E-state index contributed by atoms with van der Waals surface area (Å²) in [6.45, 7) is 4.70. The number of para-hydroxylation sites is 2. The van der Waals surface area contributed by atoms with Gasteiger partial charge in [-0.15, -0.1) is 0 Å². The summed E-state index contributed by atoms with van der Waals surface area (Å²) in [6.07, 6.45) is 0. The van der Waals surface area contributed by atoms with Crippen molar-refractivity contribution in [2.45, 2.75) is 19.3 Å². The van der Waals surface area contributed by atoms with Gasteiger partial charge in [0, 0.05) is 44.1 Å². The molecule has 0 bridgehead atoms. The van der Waals surface area contributed by atoms with E-state index in [2.05, 4.69) is 231 Å². The van der Waals surface area contributed by atoms with Crippen LogP contribution in [0.4, 0.5) is 0 Å². The van der Waals surface area contributed by atoms with E-state index in [1.54, 1.807) is 0 Å². The zero-order valence-electron chi connectivity index (χ0n) is 35.7.